The molecule has 0 radical (unpaired) electrons. The van der Waals surface area contributed by atoms with Crippen LogP contribution in [0.25, 0.3) is 5.57 Å². The van der Waals surface area contributed by atoms with Crippen LogP contribution in [0, 0.1) is 0 Å². The molecule has 86 valence electrons. The highest BCUT2D eigenvalue weighted by Gasteiger charge is 2.04. The second-order valence-electron chi connectivity index (χ2n) is 3.29. The van der Waals surface area contributed by atoms with Crippen molar-refractivity contribution in [3.8, 4) is 0 Å². The van der Waals surface area contributed by atoms with Crippen LogP contribution in [0.1, 0.15) is 32.9 Å². The second kappa shape index (κ2) is 6.55. The van der Waals surface area contributed by atoms with E-state index in [-0.39, 0.29) is 0 Å². The maximum absolute atomic E-state index is 4.98. The molecule has 0 bridgehead atoms. The first-order valence-electron chi connectivity index (χ1n) is 5.23. The van der Waals surface area contributed by atoms with Crippen molar-refractivity contribution in [2.24, 2.45) is 0 Å². The van der Waals surface area contributed by atoms with E-state index in [1.165, 1.54) is 0 Å². The summed E-state index contributed by atoms with van der Waals surface area (Å²) in [6.45, 7) is 5.98. The summed E-state index contributed by atoms with van der Waals surface area (Å²) in [6, 6.07) is 0. The lowest BCUT2D eigenvalue weighted by molar-refractivity contribution is 1.22. The Morgan fingerprint density at radius 2 is 2.38 bits per heavy atom. The van der Waals surface area contributed by atoms with Gasteiger partial charge in [-0.15, -0.1) is 11.3 Å². The minimum atomic E-state index is 0.743. The quantitative estimate of drug-likeness (QED) is 0.640. The molecule has 0 fully saturated rings. The molecule has 0 saturated carbocycles. The van der Waals surface area contributed by atoms with Gasteiger partial charge >= 0.3 is 0 Å². The second-order valence-corrected chi connectivity index (χ2v) is 4.76. The molecule has 16 heavy (non-hydrogen) atoms. The van der Waals surface area contributed by atoms with Gasteiger partial charge in [0.2, 0.25) is 0 Å². The summed E-state index contributed by atoms with van der Waals surface area (Å²) in [4.78, 5) is 5.23. The highest BCUT2D eigenvalue weighted by molar-refractivity contribution is 7.80. The van der Waals surface area contributed by atoms with Gasteiger partial charge in [-0.1, -0.05) is 37.4 Å². The summed E-state index contributed by atoms with van der Waals surface area (Å²) in [6.07, 6.45) is 7.28. The normalized spacial score (nSPS) is 12.1. The molecule has 0 aliphatic heterocycles. The number of hydrogen-bond acceptors (Lipinski definition) is 3. The Morgan fingerprint density at radius 3 is 2.94 bits per heavy atom. The van der Waals surface area contributed by atoms with Crippen LogP contribution < -0.4 is 5.32 Å². The largest absolute Gasteiger partial charge is 0.326 e. The lowest BCUT2D eigenvalue weighted by Crippen LogP contribution is -2.02. The molecule has 0 amide bonds. The Hall–Kier alpha value is -1.00. The van der Waals surface area contributed by atoms with Crippen molar-refractivity contribution in [3.63, 3.8) is 0 Å². The standard InChI is InChI=1S/C12H16N2S2/c1-4-6-10(7-5-2)11-8-16-12(14-11)13-9(3)15/h4,6-8H,5H2,1-3H3,(H,13,14,15)/b6-4-,10-7+. The fraction of sp³-hybridized carbons (Fsp3) is 0.333. The third-order valence-electron chi connectivity index (χ3n) is 1.85. The van der Waals surface area contributed by atoms with Crippen LogP contribution in [0.15, 0.2) is 23.6 Å². The number of hydrogen-bond donors (Lipinski definition) is 1. The highest BCUT2D eigenvalue weighted by atomic mass is 32.1. The van der Waals surface area contributed by atoms with Gasteiger partial charge in [-0.05, 0) is 25.8 Å². The maximum Gasteiger partial charge on any atom is 0.188 e. The minimum absolute atomic E-state index is 0.743. The fourth-order valence-corrected chi connectivity index (χ4v) is 2.21. The molecule has 0 aliphatic rings. The maximum atomic E-state index is 4.98. The Morgan fingerprint density at radius 1 is 1.62 bits per heavy atom. The zero-order chi connectivity index (χ0) is 12.0. The van der Waals surface area contributed by atoms with E-state index in [0.29, 0.717) is 0 Å². The fourth-order valence-electron chi connectivity index (χ4n) is 1.27. The number of nitrogens with one attached hydrogen (secondary N) is 1. The van der Waals surface area contributed by atoms with Gasteiger partial charge in [-0.2, -0.15) is 0 Å². The van der Waals surface area contributed by atoms with Gasteiger partial charge in [0.15, 0.2) is 5.13 Å². The van der Waals surface area contributed by atoms with E-state index in [4.69, 9.17) is 12.2 Å². The Kier molecular flexibility index (Phi) is 5.35. The van der Waals surface area contributed by atoms with E-state index >= 15 is 0 Å². The van der Waals surface area contributed by atoms with Crippen LogP contribution >= 0.6 is 23.6 Å². The summed E-state index contributed by atoms with van der Waals surface area (Å²) in [7, 11) is 0. The first-order chi connectivity index (χ1) is 7.67. The molecule has 0 aliphatic carbocycles. The summed E-state index contributed by atoms with van der Waals surface area (Å²) in [5.41, 5.74) is 2.17. The van der Waals surface area contributed by atoms with Crippen molar-refractivity contribution in [2.75, 3.05) is 5.32 Å². The van der Waals surface area contributed by atoms with Crippen molar-refractivity contribution < 1.29 is 0 Å². The lowest BCUT2D eigenvalue weighted by atomic mass is 10.1. The number of thiazole rings is 1. The number of nitrogens with zero attached hydrogens (tertiary/aromatic N) is 1. The van der Waals surface area contributed by atoms with Gasteiger partial charge in [0.05, 0.1) is 10.7 Å². The molecule has 0 aromatic carbocycles. The van der Waals surface area contributed by atoms with E-state index < -0.39 is 0 Å². The zero-order valence-electron chi connectivity index (χ0n) is 9.78. The van der Waals surface area contributed by atoms with Crippen molar-refractivity contribution in [1.29, 1.82) is 0 Å². The van der Waals surface area contributed by atoms with Gasteiger partial charge in [0.1, 0.15) is 0 Å². The third-order valence-corrected chi connectivity index (χ3v) is 2.71. The number of allylic oxidation sites excluding steroid dienone is 4. The van der Waals surface area contributed by atoms with Crippen molar-refractivity contribution in [2.45, 2.75) is 27.2 Å². The van der Waals surface area contributed by atoms with E-state index in [1.807, 2.05) is 25.3 Å². The van der Waals surface area contributed by atoms with Crippen LogP contribution in [0.3, 0.4) is 0 Å². The molecule has 2 nitrogen and oxygen atoms in total. The zero-order valence-corrected chi connectivity index (χ0v) is 11.4. The van der Waals surface area contributed by atoms with Crippen LogP contribution in [0.2, 0.25) is 0 Å². The van der Waals surface area contributed by atoms with Crippen LogP contribution in [-0.2, 0) is 0 Å². The molecule has 1 heterocycles. The molecular weight excluding hydrogens is 236 g/mol. The van der Waals surface area contributed by atoms with Crippen LogP contribution in [0.4, 0.5) is 5.13 Å². The number of thiocarbonyl (C=S) groups is 1. The van der Waals surface area contributed by atoms with Crippen molar-refractivity contribution in [3.05, 3.63) is 29.3 Å². The highest BCUT2D eigenvalue weighted by Crippen LogP contribution is 2.23. The van der Waals surface area contributed by atoms with Gasteiger partial charge in [-0.3, -0.25) is 0 Å². The predicted molar refractivity (Wildman–Crippen MR) is 77.1 cm³/mol. The Labute approximate surface area is 106 Å². The van der Waals surface area contributed by atoms with Crippen molar-refractivity contribution >= 4 is 39.2 Å². The molecule has 1 aromatic rings. The molecule has 0 unspecified atom stereocenters. The topological polar surface area (TPSA) is 24.9 Å². The van der Waals surface area contributed by atoms with Crippen molar-refractivity contribution in [1.82, 2.24) is 4.98 Å². The molecule has 0 spiro atoms. The Balaban J connectivity index is 2.90. The SMILES string of the molecule is C/C=C\C(=C/CC)c1csc(NC(C)=S)n1. The first kappa shape index (κ1) is 13.1. The molecule has 4 heteroatoms. The summed E-state index contributed by atoms with van der Waals surface area (Å²) in [5, 5.41) is 5.95. The van der Waals surface area contributed by atoms with Crippen LogP contribution in [0.5, 0.6) is 0 Å². The molecule has 0 atom stereocenters. The summed E-state index contributed by atoms with van der Waals surface area (Å²) < 4.78 is 0. The summed E-state index contributed by atoms with van der Waals surface area (Å²) >= 11 is 6.56. The number of aromatic nitrogens is 1. The first-order valence-corrected chi connectivity index (χ1v) is 6.52. The number of rotatable bonds is 4. The van der Waals surface area contributed by atoms with E-state index in [2.05, 4.69) is 29.4 Å². The molecule has 0 saturated heterocycles. The lowest BCUT2D eigenvalue weighted by Gasteiger charge is -1.98. The van der Waals surface area contributed by atoms with Gasteiger partial charge in [-0.25, -0.2) is 4.98 Å². The third kappa shape index (κ3) is 3.87. The minimum Gasteiger partial charge on any atom is -0.326 e. The summed E-state index contributed by atoms with van der Waals surface area (Å²) in [5.74, 6) is 0. The van der Waals surface area contributed by atoms with E-state index in [0.717, 1.165) is 27.8 Å². The monoisotopic (exact) mass is 252 g/mol. The average Bonchev–Trinajstić information content (AvgIpc) is 2.65. The molecule has 1 N–H and O–H groups in total. The smallest absolute Gasteiger partial charge is 0.188 e. The predicted octanol–water partition coefficient (Wildman–Crippen LogP) is 4.27. The Bertz CT molecular complexity index is 416. The van der Waals surface area contributed by atoms with Gasteiger partial charge in [0.25, 0.3) is 0 Å². The average molecular weight is 252 g/mol. The van der Waals surface area contributed by atoms with Crippen LogP contribution in [-0.4, -0.2) is 9.97 Å². The van der Waals surface area contributed by atoms with Gasteiger partial charge in [0, 0.05) is 5.38 Å². The van der Waals surface area contributed by atoms with E-state index in [1.54, 1.807) is 11.3 Å². The number of anilines is 1. The van der Waals surface area contributed by atoms with Gasteiger partial charge < -0.3 is 5.32 Å². The van der Waals surface area contributed by atoms with E-state index in [9.17, 15) is 0 Å². The molecule has 1 rings (SSSR count). The molecular formula is C12H16N2S2. The molecule has 1 aromatic heterocycles.